The van der Waals surface area contributed by atoms with Crippen molar-refractivity contribution in [2.24, 2.45) is 0 Å². The number of aromatic nitrogens is 1. The number of hydrogen-bond acceptors (Lipinski definition) is 7. The predicted octanol–water partition coefficient (Wildman–Crippen LogP) is 4.05. The fraction of sp³-hybridized carbons (Fsp3) is 0.0556. The number of furan rings is 1. The Morgan fingerprint density at radius 2 is 2.04 bits per heavy atom. The van der Waals surface area contributed by atoms with E-state index in [-0.39, 0.29) is 28.8 Å². The molecule has 0 N–H and O–H groups in total. The molecule has 0 aliphatic carbocycles. The molecule has 130 valence electrons. The molecular weight excluding hydrogens is 362 g/mol. The van der Waals surface area contributed by atoms with E-state index in [1.165, 1.54) is 18.4 Å². The molecule has 3 aromatic heterocycles. The fourth-order valence-corrected chi connectivity index (χ4v) is 2.53. The van der Waals surface area contributed by atoms with Gasteiger partial charge in [0.15, 0.2) is 11.2 Å². The second kappa shape index (κ2) is 6.53. The molecule has 0 saturated heterocycles. The van der Waals surface area contributed by atoms with Crippen molar-refractivity contribution in [2.75, 3.05) is 0 Å². The molecule has 0 spiro atoms. The Labute approximate surface area is 150 Å². The lowest BCUT2D eigenvalue weighted by molar-refractivity contribution is 0.0428. The summed E-state index contributed by atoms with van der Waals surface area (Å²) in [6, 6.07) is 10.6. The van der Waals surface area contributed by atoms with Crippen LogP contribution in [-0.2, 0) is 11.3 Å². The van der Waals surface area contributed by atoms with E-state index < -0.39 is 5.97 Å². The summed E-state index contributed by atoms with van der Waals surface area (Å²) in [5.74, 6) is -0.0782. The molecule has 0 amide bonds. The van der Waals surface area contributed by atoms with Gasteiger partial charge in [0, 0.05) is 17.2 Å². The SMILES string of the molecule is O=C(OCc1cc(-c2ccco2)on1)c1cc(=O)c2cc(Cl)ccc2o1. The first-order valence-corrected chi connectivity index (χ1v) is 7.88. The second-order valence-corrected chi connectivity index (χ2v) is 5.79. The number of benzene rings is 1. The van der Waals surface area contributed by atoms with Crippen LogP contribution in [0.15, 0.2) is 66.9 Å². The highest BCUT2D eigenvalue weighted by Crippen LogP contribution is 2.21. The number of fused-ring (bicyclic) bond motifs is 1. The fourth-order valence-electron chi connectivity index (χ4n) is 2.35. The molecule has 4 aromatic rings. The first-order chi connectivity index (χ1) is 12.6. The minimum Gasteiger partial charge on any atom is -0.461 e. The molecule has 3 heterocycles. The molecule has 0 atom stereocenters. The van der Waals surface area contributed by atoms with Gasteiger partial charge in [-0.05, 0) is 30.3 Å². The van der Waals surface area contributed by atoms with E-state index in [0.717, 1.165) is 6.07 Å². The number of esters is 1. The smallest absolute Gasteiger partial charge is 0.374 e. The summed E-state index contributed by atoms with van der Waals surface area (Å²) in [4.78, 5) is 24.3. The van der Waals surface area contributed by atoms with Gasteiger partial charge in [0.05, 0.1) is 11.6 Å². The number of carbonyl (C=O) groups excluding carboxylic acids is 1. The van der Waals surface area contributed by atoms with Crippen LogP contribution in [0.1, 0.15) is 16.2 Å². The Morgan fingerprint density at radius 3 is 2.85 bits per heavy atom. The molecule has 0 bridgehead atoms. The highest BCUT2D eigenvalue weighted by Gasteiger charge is 2.16. The van der Waals surface area contributed by atoms with Gasteiger partial charge in [-0.2, -0.15) is 0 Å². The highest BCUT2D eigenvalue weighted by molar-refractivity contribution is 6.31. The van der Waals surface area contributed by atoms with E-state index in [0.29, 0.717) is 22.2 Å². The second-order valence-electron chi connectivity index (χ2n) is 5.35. The van der Waals surface area contributed by atoms with Gasteiger partial charge in [0.25, 0.3) is 0 Å². The molecule has 1 aromatic carbocycles. The van der Waals surface area contributed by atoms with E-state index in [1.54, 1.807) is 24.3 Å². The van der Waals surface area contributed by atoms with Crippen LogP contribution in [0.5, 0.6) is 0 Å². The molecule has 0 radical (unpaired) electrons. The molecule has 0 unspecified atom stereocenters. The third-order valence-electron chi connectivity index (χ3n) is 3.56. The summed E-state index contributed by atoms with van der Waals surface area (Å²) in [5, 5.41) is 4.48. The van der Waals surface area contributed by atoms with Crippen LogP contribution in [-0.4, -0.2) is 11.1 Å². The normalized spacial score (nSPS) is 11.0. The maximum absolute atomic E-state index is 12.2. The summed E-state index contributed by atoms with van der Waals surface area (Å²) in [5.41, 5.74) is 0.248. The van der Waals surface area contributed by atoms with Crippen molar-refractivity contribution < 1.29 is 22.9 Å². The molecule has 7 nitrogen and oxygen atoms in total. The average molecular weight is 372 g/mol. The third-order valence-corrected chi connectivity index (χ3v) is 3.80. The topological polar surface area (TPSA) is 95.7 Å². The molecule has 8 heteroatoms. The van der Waals surface area contributed by atoms with Crippen LogP contribution in [0.25, 0.3) is 22.5 Å². The average Bonchev–Trinajstić information content (AvgIpc) is 3.31. The summed E-state index contributed by atoms with van der Waals surface area (Å²) in [6.45, 7) is -0.147. The lowest BCUT2D eigenvalue weighted by atomic mass is 10.2. The van der Waals surface area contributed by atoms with Crippen molar-refractivity contribution in [2.45, 2.75) is 6.61 Å². The van der Waals surface area contributed by atoms with Crippen LogP contribution in [0, 0.1) is 0 Å². The molecule has 0 saturated carbocycles. The van der Waals surface area contributed by atoms with Crippen molar-refractivity contribution >= 4 is 28.5 Å². The van der Waals surface area contributed by atoms with E-state index in [2.05, 4.69) is 5.16 Å². The molecular formula is C18H10ClNO6. The molecule has 4 rings (SSSR count). The Balaban J connectivity index is 1.51. The Kier molecular flexibility index (Phi) is 4.06. The van der Waals surface area contributed by atoms with Crippen molar-refractivity contribution in [1.82, 2.24) is 5.16 Å². The number of hydrogen-bond donors (Lipinski definition) is 0. The molecule has 26 heavy (non-hydrogen) atoms. The number of nitrogens with zero attached hydrogens (tertiary/aromatic N) is 1. The third kappa shape index (κ3) is 3.12. The van der Waals surface area contributed by atoms with E-state index in [9.17, 15) is 9.59 Å². The highest BCUT2D eigenvalue weighted by atomic mass is 35.5. The first kappa shape index (κ1) is 16.2. The van der Waals surface area contributed by atoms with Gasteiger partial charge in [-0.25, -0.2) is 4.79 Å². The number of ether oxygens (including phenoxy) is 1. The van der Waals surface area contributed by atoms with Crippen molar-refractivity contribution in [1.29, 1.82) is 0 Å². The molecule has 0 fully saturated rings. The number of halogens is 1. The van der Waals surface area contributed by atoms with Crippen molar-refractivity contribution in [3.05, 3.63) is 75.4 Å². The lowest BCUT2D eigenvalue weighted by Crippen LogP contribution is -2.10. The van der Waals surface area contributed by atoms with Crippen molar-refractivity contribution in [3.8, 4) is 11.5 Å². The number of rotatable bonds is 4. The van der Waals surface area contributed by atoms with Gasteiger partial charge in [0.2, 0.25) is 11.5 Å². The maximum Gasteiger partial charge on any atom is 0.374 e. The van der Waals surface area contributed by atoms with E-state index >= 15 is 0 Å². The van der Waals surface area contributed by atoms with E-state index in [4.69, 9.17) is 29.7 Å². The Bertz CT molecular complexity index is 1140. The first-order valence-electron chi connectivity index (χ1n) is 7.50. The summed E-state index contributed by atoms with van der Waals surface area (Å²) in [6.07, 6.45) is 1.51. The largest absolute Gasteiger partial charge is 0.461 e. The van der Waals surface area contributed by atoms with Crippen LogP contribution in [0.4, 0.5) is 0 Å². The Morgan fingerprint density at radius 1 is 1.15 bits per heavy atom. The Hall–Kier alpha value is -3.32. The van der Waals surface area contributed by atoms with Gasteiger partial charge in [-0.1, -0.05) is 16.8 Å². The van der Waals surface area contributed by atoms with Gasteiger partial charge in [-0.3, -0.25) is 4.79 Å². The number of carbonyl (C=O) groups is 1. The predicted molar refractivity (Wildman–Crippen MR) is 90.8 cm³/mol. The summed E-state index contributed by atoms with van der Waals surface area (Å²) in [7, 11) is 0. The van der Waals surface area contributed by atoms with Crippen LogP contribution in [0.2, 0.25) is 5.02 Å². The molecule has 0 aliphatic rings. The zero-order valence-electron chi connectivity index (χ0n) is 13.1. The summed E-state index contributed by atoms with van der Waals surface area (Å²) < 4.78 is 20.8. The van der Waals surface area contributed by atoms with E-state index in [1.807, 2.05) is 0 Å². The van der Waals surface area contributed by atoms with Gasteiger partial charge in [-0.15, -0.1) is 0 Å². The standard InChI is InChI=1S/C18H10ClNO6/c19-10-3-4-14-12(6-10)13(21)8-17(25-14)18(22)24-9-11-7-16(26-20-11)15-2-1-5-23-15/h1-8H,9H2. The van der Waals surface area contributed by atoms with Gasteiger partial charge >= 0.3 is 5.97 Å². The summed E-state index contributed by atoms with van der Waals surface area (Å²) >= 11 is 5.85. The van der Waals surface area contributed by atoms with Crippen LogP contribution in [0.3, 0.4) is 0 Å². The monoisotopic (exact) mass is 371 g/mol. The zero-order chi connectivity index (χ0) is 18.1. The quantitative estimate of drug-likeness (QED) is 0.499. The molecule has 0 aliphatic heterocycles. The lowest BCUT2D eigenvalue weighted by Gasteiger charge is -2.03. The van der Waals surface area contributed by atoms with Crippen molar-refractivity contribution in [3.63, 3.8) is 0 Å². The zero-order valence-corrected chi connectivity index (χ0v) is 13.9. The van der Waals surface area contributed by atoms with Crippen LogP contribution >= 0.6 is 11.6 Å². The van der Waals surface area contributed by atoms with Crippen LogP contribution < -0.4 is 5.43 Å². The minimum atomic E-state index is -0.790. The van der Waals surface area contributed by atoms with Gasteiger partial charge in [0.1, 0.15) is 17.9 Å². The maximum atomic E-state index is 12.2. The minimum absolute atomic E-state index is 0.147. The van der Waals surface area contributed by atoms with Gasteiger partial charge < -0.3 is 18.1 Å².